The molecule has 0 spiro atoms. The van der Waals surface area contributed by atoms with Crippen LogP contribution in [0.2, 0.25) is 0 Å². The number of phenolic OH excluding ortho intramolecular Hbond substituents is 1. The van der Waals surface area contributed by atoms with Gasteiger partial charge in [0, 0.05) is 55.4 Å². The molecule has 0 saturated carbocycles. The number of piperidine rings is 1. The summed E-state index contributed by atoms with van der Waals surface area (Å²) in [4.78, 5) is 7.06. The summed E-state index contributed by atoms with van der Waals surface area (Å²) in [5.74, 6) is 1.98. The van der Waals surface area contributed by atoms with Crippen molar-refractivity contribution in [1.29, 1.82) is 0 Å². The Morgan fingerprint density at radius 1 is 0.935 bits per heavy atom. The zero-order valence-electron chi connectivity index (χ0n) is 18.0. The number of imidazole rings is 1. The minimum absolute atomic E-state index is 0.0375. The first-order chi connectivity index (χ1) is 15.2. The van der Waals surface area contributed by atoms with E-state index in [2.05, 4.69) is 39.9 Å². The Bertz CT molecular complexity index is 1110. The van der Waals surface area contributed by atoms with E-state index in [1.807, 2.05) is 18.3 Å². The van der Waals surface area contributed by atoms with Crippen LogP contribution in [-0.2, 0) is 13.0 Å². The summed E-state index contributed by atoms with van der Waals surface area (Å²) >= 11 is 0. The van der Waals surface area contributed by atoms with Crippen LogP contribution in [0.25, 0.3) is 5.57 Å². The molecule has 5 rings (SSSR count). The number of hydrogen-bond acceptors (Lipinski definition) is 5. The number of methoxy groups -OCH3 is 2. The van der Waals surface area contributed by atoms with Gasteiger partial charge >= 0.3 is 0 Å². The van der Waals surface area contributed by atoms with Crippen LogP contribution in [0.5, 0.6) is 17.2 Å². The summed E-state index contributed by atoms with van der Waals surface area (Å²) in [5.41, 5.74) is 6.47. The number of phenols is 1. The number of aromatic nitrogens is 2. The molecule has 3 aromatic rings. The van der Waals surface area contributed by atoms with E-state index in [0.717, 1.165) is 50.4 Å². The standard InChI is InChI=1S/C25H27N3O3/c1-30-21-15-19(16-22(31-2)24(21)29)27-11-8-18(9-12-27)23-20-6-4-3-5-17(20)7-13-28-14-10-26-25(23)28/h3-6,10,14-16,29H,7-9,11-13H2,1-2H3. The maximum Gasteiger partial charge on any atom is 0.200 e. The summed E-state index contributed by atoms with van der Waals surface area (Å²) in [6.45, 7) is 2.74. The van der Waals surface area contributed by atoms with Crippen molar-refractivity contribution in [3.8, 4) is 17.2 Å². The number of nitrogens with zero attached hydrogens (tertiary/aromatic N) is 3. The lowest BCUT2D eigenvalue weighted by atomic mass is 9.90. The van der Waals surface area contributed by atoms with Gasteiger partial charge in [-0.15, -0.1) is 0 Å². The molecule has 2 aromatic carbocycles. The number of anilines is 1. The Labute approximate surface area is 182 Å². The van der Waals surface area contributed by atoms with E-state index in [9.17, 15) is 5.11 Å². The molecule has 0 aliphatic carbocycles. The minimum atomic E-state index is 0.0375. The number of rotatable bonds is 3. The molecule has 0 unspecified atom stereocenters. The molecular formula is C25H27N3O3. The summed E-state index contributed by atoms with van der Waals surface area (Å²) in [6, 6.07) is 12.5. The molecule has 2 aliphatic rings. The van der Waals surface area contributed by atoms with Gasteiger partial charge < -0.3 is 24.0 Å². The Balaban J connectivity index is 1.49. The fourth-order valence-electron chi connectivity index (χ4n) is 4.76. The van der Waals surface area contributed by atoms with E-state index in [-0.39, 0.29) is 5.75 Å². The summed E-state index contributed by atoms with van der Waals surface area (Å²) in [7, 11) is 3.12. The second kappa shape index (κ2) is 8.02. The van der Waals surface area contributed by atoms with Gasteiger partial charge in [0.2, 0.25) is 5.75 Å². The van der Waals surface area contributed by atoms with E-state index in [1.165, 1.54) is 22.3 Å². The number of aryl methyl sites for hydroxylation is 2. The van der Waals surface area contributed by atoms with Crippen LogP contribution in [0.1, 0.15) is 29.8 Å². The summed E-state index contributed by atoms with van der Waals surface area (Å²) in [5, 5.41) is 10.2. The second-order valence-corrected chi connectivity index (χ2v) is 8.02. The average Bonchev–Trinajstić information content (AvgIpc) is 3.21. The highest BCUT2D eigenvalue weighted by Gasteiger charge is 2.25. The monoisotopic (exact) mass is 417 g/mol. The molecule has 3 heterocycles. The van der Waals surface area contributed by atoms with Gasteiger partial charge in [-0.2, -0.15) is 0 Å². The first-order valence-electron chi connectivity index (χ1n) is 10.7. The number of fused-ring (bicyclic) bond motifs is 2. The van der Waals surface area contributed by atoms with Crippen LogP contribution < -0.4 is 14.4 Å². The first kappa shape index (κ1) is 19.5. The lowest BCUT2D eigenvalue weighted by Gasteiger charge is -2.32. The molecule has 0 amide bonds. The van der Waals surface area contributed by atoms with Crippen LogP contribution in [-0.4, -0.2) is 42.0 Å². The van der Waals surface area contributed by atoms with Crippen molar-refractivity contribution in [2.24, 2.45) is 0 Å². The summed E-state index contributed by atoms with van der Waals surface area (Å²) in [6.07, 6.45) is 6.94. The van der Waals surface area contributed by atoms with Crippen LogP contribution in [0.15, 0.2) is 54.4 Å². The van der Waals surface area contributed by atoms with Gasteiger partial charge in [0.1, 0.15) is 5.82 Å². The fourth-order valence-corrected chi connectivity index (χ4v) is 4.76. The molecular weight excluding hydrogens is 390 g/mol. The van der Waals surface area contributed by atoms with Gasteiger partial charge in [0.25, 0.3) is 0 Å². The molecule has 2 aliphatic heterocycles. The Kier molecular flexibility index (Phi) is 5.06. The highest BCUT2D eigenvalue weighted by Crippen LogP contribution is 2.42. The van der Waals surface area contributed by atoms with Crippen molar-refractivity contribution in [3.05, 3.63) is 71.3 Å². The van der Waals surface area contributed by atoms with Crippen molar-refractivity contribution < 1.29 is 14.6 Å². The molecule has 0 bridgehead atoms. The summed E-state index contributed by atoms with van der Waals surface area (Å²) < 4.78 is 13.0. The van der Waals surface area contributed by atoms with E-state index < -0.39 is 0 Å². The highest BCUT2D eigenvalue weighted by molar-refractivity contribution is 5.82. The number of hydrogen-bond donors (Lipinski definition) is 1. The maximum atomic E-state index is 10.2. The van der Waals surface area contributed by atoms with Gasteiger partial charge in [-0.05, 0) is 30.4 Å². The van der Waals surface area contributed by atoms with Crippen molar-refractivity contribution in [2.75, 3.05) is 32.2 Å². The van der Waals surface area contributed by atoms with E-state index in [1.54, 1.807) is 14.2 Å². The molecule has 160 valence electrons. The Morgan fingerprint density at radius 3 is 2.35 bits per heavy atom. The van der Waals surface area contributed by atoms with Crippen LogP contribution >= 0.6 is 0 Å². The van der Waals surface area contributed by atoms with Crippen molar-refractivity contribution in [2.45, 2.75) is 25.8 Å². The third-order valence-corrected chi connectivity index (χ3v) is 6.40. The van der Waals surface area contributed by atoms with Crippen LogP contribution in [0.3, 0.4) is 0 Å². The molecule has 1 saturated heterocycles. The molecule has 1 fully saturated rings. The topological polar surface area (TPSA) is 59.8 Å². The molecule has 31 heavy (non-hydrogen) atoms. The lowest BCUT2D eigenvalue weighted by Crippen LogP contribution is -2.31. The third-order valence-electron chi connectivity index (χ3n) is 6.40. The van der Waals surface area contributed by atoms with Gasteiger partial charge in [-0.3, -0.25) is 0 Å². The minimum Gasteiger partial charge on any atom is -0.502 e. The van der Waals surface area contributed by atoms with Crippen molar-refractivity contribution in [1.82, 2.24) is 9.55 Å². The van der Waals surface area contributed by atoms with E-state index in [0.29, 0.717) is 11.5 Å². The molecule has 1 N–H and O–H groups in total. The van der Waals surface area contributed by atoms with Crippen LogP contribution in [0, 0.1) is 0 Å². The fraction of sp³-hybridized carbons (Fsp3) is 0.320. The van der Waals surface area contributed by atoms with Gasteiger partial charge in [0.15, 0.2) is 11.5 Å². The smallest absolute Gasteiger partial charge is 0.200 e. The zero-order chi connectivity index (χ0) is 21.4. The highest BCUT2D eigenvalue weighted by atomic mass is 16.5. The van der Waals surface area contributed by atoms with Crippen LogP contribution in [0.4, 0.5) is 5.69 Å². The Hall–Kier alpha value is -3.41. The quantitative estimate of drug-likeness (QED) is 0.690. The van der Waals surface area contributed by atoms with Gasteiger partial charge in [-0.25, -0.2) is 4.98 Å². The van der Waals surface area contributed by atoms with Gasteiger partial charge in [-0.1, -0.05) is 29.8 Å². The molecule has 0 atom stereocenters. The van der Waals surface area contributed by atoms with E-state index >= 15 is 0 Å². The predicted octanol–water partition coefficient (Wildman–Crippen LogP) is 4.26. The number of ether oxygens (including phenoxy) is 2. The number of aromatic hydroxyl groups is 1. The number of benzene rings is 2. The first-order valence-corrected chi connectivity index (χ1v) is 10.7. The van der Waals surface area contributed by atoms with Crippen molar-refractivity contribution in [3.63, 3.8) is 0 Å². The molecule has 6 heteroatoms. The SMILES string of the molecule is COc1cc(N2CCC(=C3c4ccccc4CCn4ccnc43)CC2)cc(OC)c1O. The molecule has 0 radical (unpaired) electrons. The maximum absolute atomic E-state index is 10.2. The van der Waals surface area contributed by atoms with E-state index in [4.69, 9.17) is 14.5 Å². The lowest BCUT2D eigenvalue weighted by molar-refractivity contribution is 0.340. The molecule has 1 aromatic heterocycles. The average molecular weight is 418 g/mol. The van der Waals surface area contributed by atoms with Gasteiger partial charge in [0.05, 0.1) is 14.2 Å². The normalized spacial score (nSPS) is 15.9. The third kappa shape index (κ3) is 3.42. The largest absolute Gasteiger partial charge is 0.502 e. The Morgan fingerprint density at radius 2 is 1.65 bits per heavy atom. The second-order valence-electron chi connectivity index (χ2n) is 8.02. The van der Waals surface area contributed by atoms with Crippen molar-refractivity contribution >= 4 is 11.3 Å². The molecule has 6 nitrogen and oxygen atoms in total. The zero-order valence-corrected chi connectivity index (χ0v) is 18.0. The predicted molar refractivity (Wildman–Crippen MR) is 121 cm³/mol.